The normalized spacial score (nSPS) is 12.2. The number of ether oxygens (including phenoxy) is 2. The summed E-state index contributed by atoms with van der Waals surface area (Å²) in [6.45, 7) is 9.73. The molecule has 57 heavy (non-hydrogen) atoms. The van der Waals surface area contributed by atoms with Crippen LogP contribution in [0.15, 0.2) is 97.1 Å². The van der Waals surface area contributed by atoms with E-state index in [-0.39, 0.29) is 37.5 Å². The molecule has 12 heteroatoms. The highest BCUT2D eigenvalue weighted by Gasteiger charge is 2.30. The molecule has 0 saturated carbocycles. The summed E-state index contributed by atoms with van der Waals surface area (Å²) in [5, 5.41) is 20.1. The maximum Gasteiger partial charge on any atom is 0.407 e. The molecule has 6 rings (SSSR count). The van der Waals surface area contributed by atoms with E-state index in [1.165, 1.54) is 51.4 Å². The molecule has 4 aromatic carbocycles. The minimum atomic E-state index is -0.866. The fourth-order valence-corrected chi connectivity index (χ4v) is 7.34. The van der Waals surface area contributed by atoms with Crippen LogP contribution in [0.1, 0.15) is 67.7 Å². The van der Waals surface area contributed by atoms with E-state index < -0.39 is 18.0 Å². The monoisotopic (exact) mass is 780 g/mol. The lowest BCUT2D eigenvalue weighted by Crippen LogP contribution is -2.38. The number of hydrogen-bond donors (Lipinski definition) is 4. The Morgan fingerprint density at radius 2 is 0.965 bits per heavy atom. The van der Waals surface area contributed by atoms with Crippen molar-refractivity contribution in [1.82, 2.24) is 15.1 Å². The summed E-state index contributed by atoms with van der Waals surface area (Å²) in [5.41, 5.74) is 15.0. The van der Waals surface area contributed by atoms with Gasteiger partial charge in [-0.25, -0.2) is 4.79 Å². The molecule has 0 aliphatic heterocycles. The Kier molecular flexibility index (Phi) is 17.7. The fraction of sp³-hybridized carbons (Fsp3) is 0.378. The highest BCUT2D eigenvalue weighted by Crippen LogP contribution is 2.45. The van der Waals surface area contributed by atoms with Crippen LogP contribution in [0, 0.1) is 0 Å². The van der Waals surface area contributed by atoms with Crippen LogP contribution in [0.4, 0.5) is 4.79 Å². The number of fused-ring (bicyclic) bond motifs is 6. The highest BCUT2D eigenvalue weighted by atomic mass is 16.5. The second-order valence-electron chi connectivity index (χ2n) is 13.9. The summed E-state index contributed by atoms with van der Waals surface area (Å²) in [6.07, 6.45) is 1.35. The maximum atomic E-state index is 12.1. The Bertz CT molecular complexity index is 1840. The van der Waals surface area contributed by atoms with Crippen LogP contribution >= 0.6 is 0 Å². The molecule has 0 unspecified atom stereocenters. The first-order valence-electron chi connectivity index (χ1n) is 19.6. The van der Waals surface area contributed by atoms with Crippen molar-refractivity contribution in [2.24, 2.45) is 5.73 Å². The molecule has 4 aromatic rings. The third-order valence-corrected chi connectivity index (χ3v) is 9.70. The molecule has 12 nitrogen and oxygen atoms in total. The Hall–Kier alpha value is -5.56. The van der Waals surface area contributed by atoms with E-state index in [4.69, 9.17) is 25.4 Å². The van der Waals surface area contributed by atoms with E-state index in [2.05, 4.69) is 53.8 Å². The van der Waals surface area contributed by atoms with Crippen LogP contribution in [0.2, 0.25) is 0 Å². The zero-order valence-corrected chi connectivity index (χ0v) is 33.2. The zero-order chi connectivity index (χ0) is 41.2. The Labute approximate surface area is 335 Å². The first-order chi connectivity index (χ1) is 27.6. The SMILES string of the molecule is CC(=O)OCC1c2ccccc2-c2ccccc21.CCCN(CCN)CC(=O)O.CCCN(CCNC(=O)OCC1c2ccccc2-c2ccccc21)CC(=O)O. The van der Waals surface area contributed by atoms with Crippen LogP contribution in [-0.2, 0) is 23.9 Å². The smallest absolute Gasteiger partial charge is 0.407 e. The van der Waals surface area contributed by atoms with Gasteiger partial charge in [-0.05, 0) is 70.4 Å². The molecule has 0 aromatic heterocycles. The van der Waals surface area contributed by atoms with Crippen LogP contribution in [0.3, 0.4) is 0 Å². The molecular weight excluding hydrogens is 725 g/mol. The zero-order valence-electron chi connectivity index (χ0n) is 33.2. The number of nitrogens with two attached hydrogens (primary N) is 1. The van der Waals surface area contributed by atoms with Gasteiger partial charge in [-0.15, -0.1) is 0 Å². The summed E-state index contributed by atoms with van der Waals surface area (Å²) in [6, 6.07) is 33.0. The topological polar surface area (TPSA) is 172 Å². The summed E-state index contributed by atoms with van der Waals surface area (Å²) in [5.74, 6) is -1.68. The lowest BCUT2D eigenvalue weighted by atomic mass is 9.98. The Balaban J connectivity index is 0.000000212. The van der Waals surface area contributed by atoms with Gasteiger partial charge in [-0.2, -0.15) is 0 Å². The minimum Gasteiger partial charge on any atom is -0.480 e. The Morgan fingerprint density at radius 3 is 1.32 bits per heavy atom. The number of carboxylic acids is 2. The van der Waals surface area contributed by atoms with Crippen molar-refractivity contribution < 1.29 is 38.9 Å². The van der Waals surface area contributed by atoms with E-state index >= 15 is 0 Å². The van der Waals surface area contributed by atoms with Gasteiger partial charge in [0.1, 0.15) is 13.2 Å². The van der Waals surface area contributed by atoms with Gasteiger partial charge in [0, 0.05) is 44.9 Å². The van der Waals surface area contributed by atoms with Gasteiger partial charge in [0.25, 0.3) is 0 Å². The number of carboxylic acid groups (broad SMARTS) is 2. The number of esters is 1. The lowest BCUT2D eigenvalue weighted by Gasteiger charge is -2.19. The molecule has 1 amide bonds. The molecule has 0 radical (unpaired) electrons. The number of hydrogen-bond acceptors (Lipinski definition) is 9. The van der Waals surface area contributed by atoms with Crippen LogP contribution in [0.25, 0.3) is 22.3 Å². The highest BCUT2D eigenvalue weighted by molar-refractivity contribution is 5.80. The number of carbonyl (C=O) groups is 4. The average Bonchev–Trinajstić information content (AvgIpc) is 3.69. The number of nitrogens with one attached hydrogen (secondary N) is 1. The van der Waals surface area contributed by atoms with E-state index in [0.717, 1.165) is 19.4 Å². The predicted molar refractivity (Wildman–Crippen MR) is 221 cm³/mol. The molecule has 0 spiro atoms. The quantitative estimate of drug-likeness (QED) is 0.0872. The van der Waals surface area contributed by atoms with E-state index in [0.29, 0.717) is 39.3 Å². The predicted octanol–water partition coefficient (Wildman–Crippen LogP) is 6.43. The third kappa shape index (κ3) is 13.0. The largest absolute Gasteiger partial charge is 0.480 e. The maximum absolute atomic E-state index is 12.1. The van der Waals surface area contributed by atoms with Gasteiger partial charge in [0.15, 0.2) is 0 Å². The van der Waals surface area contributed by atoms with Crippen molar-refractivity contribution in [2.45, 2.75) is 45.4 Å². The molecule has 304 valence electrons. The summed E-state index contributed by atoms with van der Waals surface area (Å²) >= 11 is 0. The van der Waals surface area contributed by atoms with Crippen LogP contribution in [-0.4, -0.2) is 110 Å². The third-order valence-electron chi connectivity index (χ3n) is 9.70. The number of rotatable bonds is 17. The van der Waals surface area contributed by atoms with Gasteiger partial charge in [0.05, 0.1) is 13.1 Å². The number of carbonyl (C=O) groups excluding carboxylic acids is 2. The van der Waals surface area contributed by atoms with E-state index in [1.807, 2.05) is 67.3 Å². The van der Waals surface area contributed by atoms with Gasteiger partial charge < -0.3 is 30.7 Å². The second kappa shape index (κ2) is 22.9. The number of amides is 1. The molecule has 0 fully saturated rings. The van der Waals surface area contributed by atoms with Gasteiger partial charge in [-0.1, -0.05) is 111 Å². The molecule has 0 bridgehead atoms. The standard InChI is InChI=1S/C22H26N2O4.C16H14O2.C7H16N2O2/c1-2-12-24(14-21(25)26)13-11-23-22(27)28-15-20-18-9-5-3-7-16(18)17-8-4-6-10-19(17)20;1-11(17)18-10-16-14-8-4-2-6-12(14)13-7-3-5-9-15(13)16;1-2-4-9(5-3-8)6-7(10)11/h3-10,20H,2,11-15H2,1H3,(H,23,27)(H,25,26);2-9,16H,10H2,1H3;2-6,8H2,1H3,(H,10,11). The van der Waals surface area contributed by atoms with Crippen LogP contribution in [0.5, 0.6) is 0 Å². The molecule has 2 aliphatic carbocycles. The number of aliphatic carboxylic acids is 2. The lowest BCUT2D eigenvalue weighted by molar-refractivity contribution is -0.141. The van der Waals surface area contributed by atoms with Crippen molar-refractivity contribution in [3.63, 3.8) is 0 Å². The molecule has 5 N–H and O–H groups in total. The number of benzene rings is 4. The molecular formula is C45H56N4O8. The van der Waals surface area contributed by atoms with E-state index in [9.17, 15) is 19.2 Å². The fourth-order valence-electron chi connectivity index (χ4n) is 7.34. The van der Waals surface area contributed by atoms with E-state index in [1.54, 1.807) is 4.90 Å². The molecule has 0 saturated heterocycles. The van der Waals surface area contributed by atoms with Crippen LogP contribution < -0.4 is 11.1 Å². The Morgan fingerprint density at radius 1 is 0.596 bits per heavy atom. The van der Waals surface area contributed by atoms with Crippen molar-refractivity contribution in [3.8, 4) is 22.3 Å². The number of nitrogens with zero attached hydrogens (tertiary/aromatic N) is 2. The minimum absolute atomic E-state index is 0.0276. The average molecular weight is 781 g/mol. The molecule has 2 aliphatic rings. The summed E-state index contributed by atoms with van der Waals surface area (Å²) in [7, 11) is 0. The summed E-state index contributed by atoms with van der Waals surface area (Å²) in [4.78, 5) is 47.9. The second-order valence-corrected chi connectivity index (χ2v) is 13.9. The van der Waals surface area contributed by atoms with Crippen molar-refractivity contribution >= 4 is 24.0 Å². The first kappa shape index (κ1) is 44.2. The number of alkyl carbamates (subject to hydrolysis) is 1. The van der Waals surface area contributed by atoms with Crippen molar-refractivity contribution in [3.05, 3.63) is 119 Å². The van der Waals surface area contributed by atoms with Gasteiger partial charge in [0.2, 0.25) is 0 Å². The molecule has 0 atom stereocenters. The van der Waals surface area contributed by atoms with Crippen molar-refractivity contribution in [1.29, 1.82) is 0 Å². The van der Waals surface area contributed by atoms with Gasteiger partial charge in [-0.3, -0.25) is 24.2 Å². The summed E-state index contributed by atoms with van der Waals surface area (Å²) < 4.78 is 10.7. The van der Waals surface area contributed by atoms with Crippen molar-refractivity contribution in [2.75, 3.05) is 65.6 Å². The molecule has 0 heterocycles. The first-order valence-corrected chi connectivity index (χ1v) is 19.6. The van der Waals surface area contributed by atoms with Gasteiger partial charge >= 0.3 is 24.0 Å².